The topological polar surface area (TPSA) is 34.1 Å². The summed E-state index contributed by atoms with van der Waals surface area (Å²) >= 11 is 0. The molecule has 3 heteroatoms. The van der Waals surface area contributed by atoms with Gasteiger partial charge in [0.1, 0.15) is 0 Å². The Hall–Kier alpha value is -0.930. The third kappa shape index (κ3) is 5.61. The number of hydrogen-bond acceptors (Lipinski definition) is 3. The van der Waals surface area contributed by atoms with E-state index in [1.165, 1.54) is 5.56 Å². The maximum atomic E-state index is 5.48. The number of methoxy groups -OCH3 is 1. The summed E-state index contributed by atoms with van der Waals surface area (Å²) in [5, 5.41) is 3.55. The smallest absolute Gasteiger partial charge is 0.0623 e. The molecule has 3 nitrogen and oxygen atoms in total. The number of ether oxygens (including phenoxy) is 1. The molecule has 0 saturated carbocycles. The van der Waals surface area contributed by atoms with Crippen LogP contribution in [-0.2, 0) is 11.2 Å². The molecule has 1 heterocycles. The van der Waals surface area contributed by atoms with E-state index in [1.54, 1.807) is 7.11 Å². The summed E-state index contributed by atoms with van der Waals surface area (Å²) in [7, 11) is 1.78. The lowest BCUT2D eigenvalue weighted by Gasteiger charge is -2.26. The van der Waals surface area contributed by atoms with Gasteiger partial charge in [-0.2, -0.15) is 0 Å². The quantitative estimate of drug-likeness (QED) is 0.770. The van der Waals surface area contributed by atoms with Crippen LogP contribution in [0.5, 0.6) is 0 Å². The molecule has 102 valence electrons. The summed E-state index contributed by atoms with van der Waals surface area (Å²) < 4.78 is 5.48. The Morgan fingerprint density at radius 2 is 2.00 bits per heavy atom. The molecule has 1 atom stereocenters. The lowest BCUT2D eigenvalue weighted by atomic mass is 9.95. The average Bonchev–Trinajstić information content (AvgIpc) is 2.38. The molecule has 0 aromatic carbocycles. The number of hydrogen-bond donors (Lipinski definition) is 1. The van der Waals surface area contributed by atoms with Crippen LogP contribution in [-0.4, -0.2) is 30.3 Å². The number of nitrogens with zero attached hydrogens (tertiary/aromatic N) is 1. The zero-order valence-corrected chi connectivity index (χ0v) is 12.1. The van der Waals surface area contributed by atoms with E-state index in [0.717, 1.165) is 25.8 Å². The van der Waals surface area contributed by atoms with Crippen molar-refractivity contribution < 1.29 is 4.74 Å². The van der Waals surface area contributed by atoms with Crippen LogP contribution in [0.4, 0.5) is 0 Å². The fourth-order valence-electron chi connectivity index (χ4n) is 1.99. The summed E-state index contributed by atoms with van der Waals surface area (Å²) in [5.74, 6) is 0. The third-order valence-electron chi connectivity index (χ3n) is 3.37. The highest BCUT2D eigenvalue weighted by molar-refractivity contribution is 5.11. The van der Waals surface area contributed by atoms with Crippen molar-refractivity contribution in [2.45, 2.75) is 51.7 Å². The Morgan fingerprint density at radius 3 is 2.56 bits per heavy atom. The van der Waals surface area contributed by atoms with Gasteiger partial charge in [0, 0.05) is 25.5 Å². The summed E-state index contributed by atoms with van der Waals surface area (Å²) in [4.78, 5) is 4.06. The number of aromatic nitrogens is 1. The van der Waals surface area contributed by atoms with Gasteiger partial charge in [0.25, 0.3) is 0 Å². The van der Waals surface area contributed by atoms with Gasteiger partial charge in [-0.1, -0.05) is 6.92 Å². The second-order valence-electron chi connectivity index (χ2n) is 5.32. The minimum absolute atomic E-state index is 0.0358. The van der Waals surface area contributed by atoms with Gasteiger partial charge in [-0.15, -0.1) is 0 Å². The summed E-state index contributed by atoms with van der Waals surface area (Å²) in [5.41, 5.74) is 1.30. The van der Waals surface area contributed by atoms with E-state index in [2.05, 4.69) is 43.2 Å². The monoisotopic (exact) mass is 250 g/mol. The van der Waals surface area contributed by atoms with Crippen molar-refractivity contribution in [3.63, 3.8) is 0 Å². The molecular weight excluding hydrogens is 224 g/mol. The van der Waals surface area contributed by atoms with E-state index in [4.69, 9.17) is 4.74 Å². The van der Waals surface area contributed by atoms with E-state index in [-0.39, 0.29) is 5.60 Å². The Morgan fingerprint density at radius 1 is 1.33 bits per heavy atom. The van der Waals surface area contributed by atoms with Crippen LogP contribution in [0.3, 0.4) is 0 Å². The normalized spacial score (nSPS) is 13.6. The van der Waals surface area contributed by atoms with Crippen LogP contribution in [0.25, 0.3) is 0 Å². The van der Waals surface area contributed by atoms with Crippen LogP contribution < -0.4 is 5.32 Å². The minimum atomic E-state index is -0.0358. The van der Waals surface area contributed by atoms with Crippen molar-refractivity contribution in [2.75, 3.05) is 13.7 Å². The van der Waals surface area contributed by atoms with Crippen LogP contribution >= 0.6 is 0 Å². The number of nitrogens with one attached hydrogen (secondary N) is 1. The zero-order chi connectivity index (χ0) is 13.4. The average molecular weight is 250 g/mol. The number of likely N-dealkylation sites (N-methyl/N-ethyl adjacent to an activating group) is 1. The van der Waals surface area contributed by atoms with E-state index >= 15 is 0 Å². The number of pyridine rings is 1. The van der Waals surface area contributed by atoms with Crippen molar-refractivity contribution in [2.24, 2.45) is 0 Å². The van der Waals surface area contributed by atoms with Crippen LogP contribution in [0.1, 0.15) is 39.2 Å². The van der Waals surface area contributed by atoms with Gasteiger partial charge < -0.3 is 10.1 Å². The van der Waals surface area contributed by atoms with E-state index in [1.807, 2.05) is 12.4 Å². The molecule has 1 unspecified atom stereocenters. The Bertz CT molecular complexity index is 325. The molecule has 18 heavy (non-hydrogen) atoms. The van der Waals surface area contributed by atoms with Gasteiger partial charge >= 0.3 is 0 Å². The molecule has 0 radical (unpaired) electrons. The van der Waals surface area contributed by atoms with Crippen molar-refractivity contribution in [3.8, 4) is 0 Å². The Labute approximate surface area is 111 Å². The zero-order valence-electron chi connectivity index (χ0n) is 12.1. The van der Waals surface area contributed by atoms with Gasteiger partial charge in [0.05, 0.1) is 5.60 Å². The van der Waals surface area contributed by atoms with Crippen molar-refractivity contribution in [1.29, 1.82) is 0 Å². The number of rotatable bonds is 8. The summed E-state index contributed by atoms with van der Waals surface area (Å²) in [6.45, 7) is 7.44. The van der Waals surface area contributed by atoms with Gasteiger partial charge in [-0.3, -0.25) is 4.98 Å². The third-order valence-corrected chi connectivity index (χ3v) is 3.37. The van der Waals surface area contributed by atoms with Crippen LogP contribution in [0, 0.1) is 0 Å². The highest BCUT2D eigenvalue weighted by Crippen LogP contribution is 2.18. The highest BCUT2D eigenvalue weighted by atomic mass is 16.5. The maximum Gasteiger partial charge on any atom is 0.0623 e. The van der Waals surface area contributed by atoms with Crippen LogP contribution in [0.15, 0.2) is 24.5 Å². The second-order valence-corrected chi connectivity index (χ2v) is 5.32. The second kappa shape index (κ2) is 7.49. The summed E-state index contributed by atoms with van der Waals surface area (Å²) in [6.07, 6.45) is 6.95. The maximum absolute atomic E-state index is 5.48. The lowest BCUT2D eigenvalue weighted by molar-refractivity contribution is 0.0117. The first-order chi connectivity index (χ1) is 8.57. The largest absolute Gasteiger partial charge is 0.379 e. The first-order valence-electron chi connectivity index (χ1n) is 6.75. The molecule has 0 bridgehead atoms. The van der Waals surface area contributed by atoms with Gasteiger partial charge in [-0.25, -0.2) is 0 Å². The molecule has 0 aliphatic heterocycles. The molecular formula is C15H26N2O. The molecule has 0 aliphatic rings. The predicted molar refractivity (Wildman–Crippen MR) is 75.7 cm³/mol. The SMILES string of the molecule is CCNC(CCC(C)(C)OC)Cc1ccncc1. The molecule has 1 rings (SSSR count). The first kappa shape index (κ1) is 15.1. The van der Waals surface area contributed by atoms with E-state index < -0.39 is 0 Å². The molecule has 1 N–H and O–H groups in total. The van der Waals surface area contributed by atoms with Gasteiger partial charge in [0.15, 0.2) is 0 Å². The van der Waals surface area contributed by atoms with Gasteiger partial charge in [0.2, 0.25) is 0 Å². The molecule has 1 aromatic heterocycles. The molecule has 0 spiro atoms. The molecule has 1 aromatic rings. The van der Waals surface area contributed by atoms with Crippen molar-refractivity contribution >= 4 is 0 Å². The molecule has 0 fully saturated rings. The highest BCUT2D eigenvalue weighted by Gasteiger charge is 2.19. The van der Waals surface area contributed by atoms with E-state index in [9.17, 15) is 0 Å². The van der Waals surface area contributed by atoms with Crippen LogP contribution in [0.2, 0.25) is 0 Å². The minimum Gasteiger partial charge on any atom is -0.379 e. The Kier molecular flexibility index (Phi) is 6.30. The molecule has 0 amide bonds. The Balaban J connectivity index is 2.50. The summed E-state index contributed by atoms with van der Waals surface area (Å²) in [6, 6.07) is 4.68. The van der Waals surface area contributed by atoms with Crippen molar-refractivity contribution in [1.82, 2.24) is 10.3 Å². The fourth-order valence-corrected chi connectivity index (χ4v) is 1.99. The van der Waals surface area contributed by atoms with E-state index in [0.29, 0.717) is 6.04 Å². The van der Waals surface area contributed by atoms with Gasteiger partial charge in [-0.05, 0) is 57.4 Å². The standard InChI is InChI=1S/C15H26N2O/c1-5-17-14(6-9-15(2,3)18-4)12-13-7-10-16-11-8-13/h7-8,10-11,14,17H,5-6,9,12H2,1-4H3. The first-order valence-corrected chi connectivity index (χ1v) is 6.75. The fraction of sp³-hybridized carbons (Fsp3) is 0.667. The molecule has 0 aliphatic carbocycles. The predicted octanol–water partition coefficient (Wildman–Crippen LogP) is 2.81. The lowest BCUT2D eigenvalue weighted by Crippen LogP contribution is -2.34. The van der Waals surface area contributed by atoms with Crippen molar-refractivity contribution in [3.05, 3.63) is 30.1 Å². The molecule has 0 saturated heterocycles.